The highest BCUT2D eigenvalue weighted by molar-refractivity contribution is 7.80. The summed E-state index contributed by atoms with van der Waals surface area (Å²) < 4.78 is 16.2. The van der Waals surface area contributed by atoms with Gasteiger partial charge in [-0.2, -0.15) is 12.6 Å². The van der Waals surface area contributed by atoms with E-state index in [2.05, 4.69) is 17.9 Å². The molecule has 0 aliphatic carbocycles. The van der Waals surface area contributed by atoms with E-state index in [1.54, 1.807) is 12.1 Å². The zero-order valence-corrected chi connectivity index (χ0v) is 15.6. The van der Waals surface area contributed by atoms with Crippen molar-refractivity contribution in [3.05, 3.63) is 17.7 Å². The van der Waals surface area contributed by atoms with Gasteiger partial charge >= 0.3 is 0 Å². The maximum atomic E-state index is 12.4. The third-order valence-corrected chi connectivity index (χ3v) is 3.51. The van der Waals surface area contributed by atoms with Crippen LogP contribution < -0.4 is 19.5 Å². The summed E-state index contributed by atoms with van der Waals surface area (Å²) in [6.45, 7) is 4.17. The second-order valence-electron chi connectivity index (χ2n) is 5.43. The van der Waals surface area contributed by atoms with E-state index in [1.165, 1.54) is 14.2 Å². The molecule has 1 rings (SSSR count). The lowest BCUT2D eigenvalue weighted by atomic mass is 10.0. The van der Waals surface area contributed by atoms with Gasteiger partial charge in [0.1, 0.15) is 35.5 Å². The van der Waals surface area contributed by atoms with Gasteiger partial charge in [-0.1, -0.05) is 6.92 Å². The Balaban J connectivity index is 2.98. The third kappa shape index (κ3) is 6.22. The normalized spacial score (nSPS) is 13.2. The molecule has 6 nitrogen and oxygen atoms in total. The molecule has 0 fully saturated rings. The molecule has 24 heavy (non-hydrogen) atoms. The molecule has 0 bridgehead atoms. The number of rotatable bonds is 11. The van der Waals surface area contributed by atoms with Crippen LogP contribution >= 0.6 is 12.6 Å². The molecule has 0 spiro atoms. The highest BCUT2D eigenvalue weighted by atomic mass is 32.1. The van der Waals surface area contributed by atoms with Crippen LogP contribution in [-0.2, 0) is 0 Å². The van der Waals surface area contributed by atoms with Crippen LogP contribution in [0.3, 0.4) is 0 Å². The summed E-state index contributed by atoms with van der Waals surface area (Å²) in [6.07, 6.45) is 0.381. The van der Waals surface area contributed by atoms with E-state index < -0.39 is 6.10 Å². The fourth-order valence-electron chi connectivity index (χ4n) is 2.14. The molecule has 0 aliphatic rings. The Labute approximate surface area is 148 Å². The lowest BCUT2D eigenvalue weighted by Crippen LogP contribution is -2.34. The summed E-state index contributed by atoms with van der Waals surface area (Å²) >= 11 is 4.19. The summed E-state index contributed by atoms with van der Waals surface area (Å²) in [5.74, 6) is 1.21. The van der Waals surface area contributed by atoms with E-state index in [4.69, 9.17) is 14.2 Å². The molecule has 136 valence electrons. The van der Waals surface area contributed by atoms with Crippen LogP contribution in [0.1, 0.15) is 37.0 Å². The van der Waals surface area contributed by atoms with Crippen LogP contribution in [0.2, 0.25) is 0 Å². The molecule has 2 N–H and O–H groups in total. The third-order valence-electron chi connectivity index (χ3n) is 3.33. The lowest BCUT2D eigenvalue weighted by molar-refractivity contribution is 0.0944. The maximum Gasteiger partial charge on any atom is 0.170 e. The number of carbonyl (C=O) groups is 1. The molecule has 7 heteroatoms. The van der Waals surface area contributed by atoms with Crippen LogP contribution in [-0.4, -0.2) is 49.7 Å². The lowest BCUT2D eigenvalue weighted by Gasteiger charge is -2.18. The Morgan fingerprint density at radius 1 is 1.29 bits per heavy atom. The van der Waals surface area contributed by atoms with Crippen molar-refractivity contribution in [2.75, 3.05) is 27.4 Å². The van der Waals surface area contributed by atoms with Crippen LogP contribution in [0.5, 0.6) is 17.2 Å². The first-order valence-electron chi connectivity index (χ1n) is 7.94. The smallest absolute Gasteiger partial charge is 0.170 e. The number of Topliss-reactive ketones (excluding diaryl/α,β-unsaturated/α-hetero) is 1. The number of methoxy groups -OCH3 is 2. The molecule has 0 radical (unpaired) electrons. The molecule has 2 unspecified atom stereocenters. The Kier molecular flexibility index (Phi) is 8.95. The molecule has 1 aromatic rings. The molecule has 0 aromatic heterocycles. The van der Waals surface area contributed by atoms with E-state index in [-0.39, 0.29) is 17.8 Å². The number of aliphatic hydroxyl groups is 1. The van der Waals surface area contributed by atoms with Crippen LogP contribution in [0.15, 0.2) is 12.1 Å². The van der Waals surface area contributed by atoms with Crippen molar-refractivity contribution in [3.63, 3.8) is 0 Å². The minimum absolute atomic E-state index is 0.0294. The molecular formula is C17H27NO5S. The predicted molar refractivity (Wildman–Crippen MR) is 96.7 cm³/mol. The van der Waals surface area contributed by atoms with E-state index in [0.717, 1.165) is 6.42 Å². The molecule has 1 aromatic carbocycles. The standard InChI is InChI=1S/C17H27NO5S/c1-5-6-14(20)17-15(22-4)7-13(21-3)8-16(17)23-10-12(19)9-18-11(2)24/h7-8,11-12,18-19,24H,5-6,9-10H2,1-4H3. The van der Waals surface area contributed by atoms with Gasteiger partial charge in [-0.25, -0.2) is 0 Å². The molecule has 0 saturated heterocycles. The zero-order chi connectivity index (χ0) is 18.1. The Morgan fingerprint density at radius 3 is 2.50 bits per heavy atom. The number of thiol groups is 1. The van der Waals surface area contributed by atoms with Crippen molar-refractivity contribution < 1.29 is 24.1 Å². The maximum absolute atomic E-state index is 12.4. The largest absolute Gasteiger partial charge is 0.496 e. The van der Waals surface area contributed by atoms with Crippen molar-refractivity contribution in [2.45, 2.75) is 38.2 Å². The molecule has 0 heterocycles. The monoisotopic (exact) mass is 357 g/mol. The van der Waals surface area contributed by atoms with Crippen molar-refractivity contribution in [1.29, 1.82) is 0 Å². The van der Waals surface area contributed by atoms with Crippen molar-refractivity contribution in [1.82, 2.24) is 5.32 Å². The van der Waals surface area contributed by atoms with E-state index >= 15 is 0 Å². The van der Waals surface area contributed by atoms with Gasteiger partial charge in [-0.3, -0.25) is 4.79 Å². The minimum atomic E-state index is -0.731. The predicted octanol–water partition coefficient (Wildman–Crippen LogP) is 2.29. The van der Waals surface area contributed by atoms with E-state index in [1.807, 2.05) is 13.8 Å². The summed E-state index contributed by atoms with van der Waals surface area (Å²) in [4.78, 5) is 12.4. The van der Waals surface area contributed by atoms with Gasteiger partial charge < -0.3 is 24.6 Å². The average molecular weight is 357 g/mol. The topological polar surface area (TPSA) is 77.0 Å². The van der Waals surface area contributed by atoms with E-state index in [0.29, 0.717) is 35.8 Å². The Morgan fingerprint density at radius 2 is 1.96 bits per heavy atom. The summed E-state index contributed by atoms with van der Waals surface area (Å²) in [6, 6.07) is 3.28. The summed E-state index contributed by atoms with van der Waals surface area (Å²) in [7, 11) is 3.02. The van der Waals surface area contributed by atoms with Crippen molar-refractivity contribution in [2.24, 2.45) is 0 Å². The fraction of sp³-hybridized carbons (Fsp3) is 0.588. The first-order valence-corrected chi connectivity index (χ1v) is 8.46. The second kappa shape index (κ2) is 10.4. The van der Waals surface area contributed by atoms with Crippen molar-refractivity contribution in [3.8, 4) is 17.2 Å². The molecule has 0 saturated carbocycles. The average Bonchev–Trinajstić information content (AvgIpc) is 2.57. The summed E-state index contributed by atoms with van der Waals surface area (Å²) in [5.41, 5.74) is 0.378. The summed E-state index contributed by atoms with van der Waals surface area (Å²) in [5, 5.41) is 12.9. The number of carbonyl (C=O) groups excluding carboxylic acids is 1. The fourth-order valence-corrected chi connectivity index (χ4v) is 2.24. The SMILES string of the molecule is CCCC(=O)c1c(OC)cc(OC)cc1OCC(O)CNC(C)S. The first-order chi connectivity index (χ1) is 11.4. The quantitative estimate of drug-likeness (QED) is 0.320. The highest BCUT2D eigenvalue weighted by Gasteiger charge is 2.21. The van der Waals surface area contributed by atoms with Crippen LogP contribution in [0.4, 0.5) is 0 Å². The number of benzene rings is 1. The number of aliphatic hydroxyl groups excluding tert-OH is 1. The zero-order valence-electron chi connectivity index (χ0n) is 14.7. The van der Waals surface area contributed by atoms with Gasteiger partial charge in [0.05, 0.1) is 14.2 Å². The molecular weight excluding hydrogens is 330 g/mol. The first kappa shape index (κ1) is 20.6. The second-order valence-corrected chi connectivity index (χ2v) is 6.20. The van der Waals surface area contributed by atoms with Crippen LogP contribution in [0.25, 0.3) is 0 Å². The van der Waals surface area contributed by atoms with E-state index in [9.17, 15) is 9.90 Å². The number of hydrogen-bond donors (Lipinski definition) is 3. The number of hydrogen-bond acceptors (Lipinski definition) is 7. The minimum Gasteiger partial charge on any atom is -0.496 e. The van der Waals surface area contributed by atoms with Crippen LogP contribution in [0, 0.1) is 0 Å². The Hall–Kier alpha value is -1.44. The van der Waals surface area contributed by atoms with Gasteiger partial charge in [0.2, 0.25) is 0 Å². The van der Waals surface area contributed by atoms with Gasteiger partial charge in [0, 0.05) is 30.5 Å². The molecule has 0 amide bonds. The van der Waals surface area contributed by atoms with Gasteiger partial charge in [0.15, 0.2) is 5.78 Å². The van der Waals surface area contributed by atoms with Crippen molar-refractivity contribution >= 4 is 18.4 Å². The molecule has 0 aliphatic heterocycles. The molecule has 2 atom stereocenters. The number of ketones is 1. The van der Waals surface area contributed by atoms with Gasteiger partial charge in [-0.15, -0.1) is 0 Å². The highest BCUT2D eigenvalue weighted by Crippen LogP contribution is 2.35. The number of ether oxygens (including phenoxy) is 3. The number of nitrogens with one attached hydrogen (secondary N) is 1. The Bertz CT molecular complexity index is 536. The van der Waals surface area contributed by atoms with Gasteiger partial charge in [-0.05, 0) is 13.3 Å². The van der Waals surface area contributed by atoms with Gasteiger partial charge in [0.25, 0.3) is 0 Å².